The summed E-state index contributed by atoms with van der Waals surface area (Å²) in [6.45, 7) is 0. The van der Waals surface area contributed by atoms with Crippen molar-refractivity contribution < 1.29 is 117 Å². The minimum atomic E-state index is -5.62. The zero-order valence-corrected chi connectivity index (χ0v) is 12.4. The summed E-state index contributed by atoms with van der Waals surface area (Å²) in [7, 11) is 0. The Hall–Kier alpha value is 2.01. The van der Waals surface area contributed by atoms with Crippen LogP contribution in [0.25, 0.3) is 0 Å². The Morgan fingerprint density at radius 3 is 0.667 bits per heavy atom. The number of rotatable bonds is 0. The standard InChI is InChI=1S/Ag.La.2Mn.8O/q+1;+3;;;;;;;4*-1. The first-order valence-electron chi connectivity index (χ1n) is 1.23. The summed E-state index contributed by atoms with van der Waals surface area (Å²) in [6, 6.07) is 0. The summed E-state index contributed by atoms with van der Waals surface area (Å²) in [5, 5.41) is 0. The van der Waals surface area contributed by atoms with E-state index in [1.807, 2.05) is 0 Å². The van der Waals surface area contributed by atoms with Crippen molar-refractivity contribution in [2.24, 2.45) is 0 Å². The summed E-state index contributed by atoms with van der Waals surface area (Å²) in [4.78, 5) is 0. The van der Waals surface area contributed by atoms with Gasteiger partial charge in [0, 0.05) is 0 Å². The molecule has 0 fully saturated rings. The minimum absolute atomic E-state index is 0. The second-order valence-electron chi connectivity index (χ2n) is 0.756. The van der Waals surface area contributed by atoms with Crippen LogP contribution in [0, 0.1) is 35.6 Å². The molecule has 0 saturated carbocycles. The van der Waals surface area contributed by atoms with Crippen LogP contribution in [0.15, 0.2) is 0 Å². The monoisotopic (exact) mass is 484 g/mol. The molecule has 0 aliphatic rings. The van der Waals surface area contributed by atoms with Gasteiger partial charge in [-0.2, -0.15) is 0 Å². The number of hydrogen-bond acceptors (Lipinski definition) is 8. The van der Waals surface area contributed by atoms with Crippen LogP contribution in [-0.4, -0.2) is 0 Å². The van der Waals surface area contributed by atoms with Crippen molar-refractivity contribution in [1.29, 1.82) is 0 Å². The van der Waals surface area contributed by atoms with Gasteiger partial charge < -0.3 is 0 Å². The van der Waals surface area contributed by atoms with Crippen LogP contribution in [0.4, 0.5) is 0 Å². The SMILES string of the molecule is [Ag+].[La+3].[O]=[Mn](=[O])([O-])[O-].[O]=[Mn](=[O])([O-])[O-]. The van der Waals surface area contributed by atoms with Gasteiger partial charge in [-0.1, -0.05) is 0 Å². The van der Waals surface area contributed by atoms with Crippen LogP contribution in [0.5, 0.6) is 0 Å². The molecule has 0 aliphatic carbocycles. The van der Waals surface area contributed by atoms with Crippen LogP contribution < -0.4 is 16.8 Å². The van der Waals surface area contributed by atoms with Crippen molar-refractivity contribution in [3.8, 4) is 0 Å². The van der Waals surface area contributed by atoms with Gasteiger partial charge in [0.2, 0.25) is 0 Å². The van der Waals surface area contributed by atoms with Gasteiger partial charge in [-0.25, -0.2) is 0 Å². The fourth-order valence-electron chi connectivity index (χ4n) is 0. The first-order chi connectivity index (χ1) is 4.00. The van der Waals surface area contributed by atoms with Gasteiger partial charge >= 0.3 is 117 Å². The molecule has 0 aromatic rings. The molecule has 0 rings (SSSR count). The van der Waals surface area contributed by atoms with Crippen molar-refractivity contribution in [1.82, 2.24) is 0 Å². The predicted molar refractivity (Wildman–Crippen MR) is 2.75 cm³/mol. The van der Waals surface area contributed by atoms with E-state index in [0.717, 1.165) is 0 Å². The average molecular weight is 485 g/mol. The molecular weight excluding hydrogens is 485 g/mol. The Balaban J connectivity index is -0.0000000457. The van der Waals surface area contributed by atoms with Crippen LogP contribution in [0.1, 0.15) is 0 Å². The molecule has 0 aromatic carbocycles. The molecule has 76 valence electrons. The second-order valence-corrected chi connectivity index (χ2v) is 3.12. The zero-order valence-electron chi connectivity index (χ0n) is 4.90. The average Bonchev–Trinajstić information content (AvgIpc) is 1.12. The third-order valence-electron chi connectivity index (χ3n) is 0. The third-order valence-corrected chi connectivity index (χ3v) is 0. The van der Waals surface area contributed by atoms with E-state index >= 15 is 0 Å². The van der Waals surface area contributed by atoms with Crippen LogP contribution in [-0.2, 0) is 64.5 Å². The third kappa shape index (κ3) is 359. The molecule has 12 heavy (non-hydrogen) atoms. The molecule has 8 nitrogen and oxygen atoms in total. The Morgan fingerprint density at radius 2 is 0.667 bits per heavy atom. The molecule has 12 heteroatoms. The van der Waals surface area contributed by atoms with E-state index in [1.165, 1.54) is 0 Å². The fourth-order valence-corrected chi connectivity index (χ4v) is 0. The molecule has 0 aliphatic heterocycles. The van der Waals surface area contributed by atoms with Gasteiger partial charge in [0.1, 0.15) is 0 Å². The quantitative estimate of drug-likeness (QED) is 0.308. The fraction of sp³-hybridized carbons (Fsp3) is 0. The van der Waals surface area contributed by atoms with Gasteiger partial charge in [0.15, 0.2) is 0 Å². The maximum atomic E-state index is 8.58. The van der Waals surface area contributed by atoms with E-state index in [2.05, 4.69) is 0 Å². The molecular formula is AgLaMn2O8. The van der Waals surface area contributed by atoms with Crippen molar-refractivity contribution in [2.75, 3.05) is 0 Å². The Kier molecular flexibility index (Phi) is 18.9. The first kappa shape index (κ1) is 23.7. The summed E-state index contributed by atoms with van der Waals surface area (Å²) in [6.07, 6.45) is 0. The van der Waals surface area contributed by atoms with Gasteiger partial charge in [-0.05, 0) is 0 Å². The Morgan fingerprint density at radius 1 is 0.667 bits per heavy atom. The Labute approximate surface area is 115 Å². The molecule has 0 amide bonds. The first-order valence-corrected chi connectivity index (χ1v) is 5.09. The Bertz CT molecular complexity index is 213. The van der Waals surface area contributed by atoms with Gasteiger partial charge in [-0.3, -0.25) is 0 Å². The topological polar surface area (TPSA) is 161 Å². The van der Waals surface area contributed by atoms with Crippen LogP contribution >= 0.6 is 0 Å². The van der Waals surface area contributed by atoms with E-state index < -0.39 is 26.7 Å². The molecule has 0 heterocycles. The molecule has 0 aromatic heterocycles. The molecule has 0 N–H and O–H groups in total. The number of hydrogen-bond donors (Lipinski definition) is 0. The van der Waals surface area contributed by atoms with Crippen molar-refractivity contribution >= 4 is 0 Å². The van der Waals surface area contributed by atoms with E-state index in [4.69, 9.17) is 32.1 Å². The van der Waals surface area contributed by atoms with Crippen molar-refractivity contribution in [2.45, 2.75) is 0 Å². The van der Waals surface area contributed by atoms with Gasteiger partial charge in [0.25, 0.3) is 0 Å². The normalized spacial score (nSPS) is 9.67. The summed E-state index contributed by atoms with van der Waals surface area (Å²) in [5.74, 6) is 0. The van der Waals surface area contributed by atoms with Crippen LogP contribution in [0.3, 0.4) is 0 Å². The maximum absolute atomic E-state index is 8.58. The van der Waals surface area contributed by atoms with Crippen molar-refractivity contribution in [3.63, 3.8) is 0 Å². The van der Waals surface area contributed by atoms with E-state index in [9.17, 15) is 0 Å². The van der Waals surface area contributed by atoms with Gasteiger partial charge in [0.05, 0.1) is 0 Å². The molecule has 0 unspecified atom stereocenters. The van der Waals surface area contributed by atoms with E-state index in [0.29, 0.717) is 0 Å². The summed E-state index contributed by atoms with van der Waals surface area (Å²) in [5.41, 5.74) is 0. The molecule has 0 atom stereocenters. The van der Waals surface area contributed by atoms with E-state index in [1.54, 1.807) is 0 Å². The van der Waals surface area contributed by atoms with E-state index in [-0.39, 0.29) is 58.0 Å². The molecule has 0 radical (unpaired) electrons. The second kappa shape index (κ2) is 9.56. The molecule has 0 saturated heterocycles. The molecule has 0 bridgehead atoms. The van der Waals surface area contributed by atoms with Crippen LogP contribution in [0.2, 0.25) is 0 Å². The zero-order chi connectivity index (χ0) is 9.00. The predicted octanol–water partition coefficient (Wildman–Crippen LogP) is -5.24. The summed E-state index contributed by atoms with van der Waals surface area (Å²) >= 11 is -11.2. The summed E-state index contributed by atoms with van der Waals surface area (Å²) < 4.78 is 68.6. The molecule has 0 spiro atoms. The van der Waals surface area contributed by atoms with Gasteiger partial charge in [-0.15, -0.1) is 0 Å². The van der Waals surface area contributed by atoms with Crippen molar-refractivity contribution in [3.05, 3.63) is 0 Å².